The molecule has 0 radical (unpaired) electrons. The maximum Gasteiger partial charge on any atom is 0.338 e. The Kier molecular flexibility index (Phi) is 8.10. The molecule has 2 aromatic rings. The minimum Gasteiger partial charge on any atom is -0.484 e. The lowest BCUT2D eigenvalue weighted by Crippen LogP contribution is -2.24. The Labute approximate surface area is 167 Å². The van der Waals surface area contributed by atoms with Crippen LogP contribution in [0.3, 0.4) is 0 Å². The number of esters is 1. The van der Waals surface area contributed by atoms with Crippen molar-refractivity contribution < 1.29 is 19.1 Å². The van der Waals surface area contributed by atoms with Crippen LogP contribution in [-0.2, 0) is 9.53 Å². The summed E-state index contributed by atoms with van der Waals surface area (Å²) in [5, 5.41) is 4.66. The number of amides is 1. The molecule has 8 heteroatoms. The van der Waals surface area contributed by atoms with E-state index in [1.54, 1.807) is 42.5 Å². The van der Waals surface area contributed by atoms with E-state index in [9.17, 15) is 9.59 Å². The number of hydrogen-bond donors (Lipinski definition) is 1. The Bertz CT molecular complexity index is 803. The Morgan fingerprint density at radius 1 is 1.11 bits per heavy atom. The fourth-order valence-corrected chi connectivity index (χ4v) is 2.44. The largest absolute Gasteiger partial charge is 0.484 e. The minimum absolute atomic E-state index is 0.243. The molecule has 0 bridgehead atoms. The van der Waals surface area contributed by atoms with Crippen LogP contribution in [0.1, 0.15) is 29.3 Å². The number of carbonyl (C=O) groups is 2. The molecule has 0 heterocycles. The molecule has 142 valence electrons. The van der Waals surface area contributed by atoms with Crippen LogP contribution in [0.15, 0.2) is 47.6 Å². The molecule has 0 saturated carbocycles. The summed E-state index contributed by atoms with van der Waals surface area (Å²) in [6, 6.07) is 11.4. The Morgan fingerprint density at radius 3 is 2.41 bits per heavy atom. The first-order valence-electron chi connectivity index (χ1n) is 8.17. The highest BCUT2D eigenvalue weighted by Gasteiger charge is 2.08. The van der Waals surface area contributed by atoms with Gasteiger partial charge in [0.2, 0.25) is 0 Å². The van der Waals surface area contributed by atoms with E-state index >= 15 is 0 Å². The highest BCUT2D eigenvalue weighted by molar-refractivity contribution is 6.38. The quantitative estimate of drug-likeness (QED) is 0.405. The summed E-state index contributed by atoms with van der Waals surface area (Å²) < 4.78 is 10.4. The van der Waals surface area contributed by atoms with Crippen molar-refractivity contribution in [2.75, 3.05) is 13.2 Å². The summed E-state index contributed by atoms with van der Waals surface area (Å²) in [7, 11) is 0. The number of benzene rings is 2. The van der Waals surface area contributed by atoms with Gasteiger partial charge in [-0.1, -0.05) is 36.2 Å². The smallest absolute Gasteiger partial charge is 0.338 e. The van der Waals surface area contributed by atoms with Crippen LogP contribution < -0.4 is 10.2 Å². The molecular weight excluding hydrogens is 391 g/mol. The summed E-state index contributed by atoms with van der Waals surface area (Å²) in [5.41, 5.74) is 3.25. The van der Waals surface area contributed by atoms with Crippen molar-refractivity contribution in [2.24, 2.45) is 5.10 Å². The van der Waals surface area contributed by atoms with E-state index in [0.717, 1.165) is 6.42 Å². The van der Waals surface area contributed by atoms with Gasteiger partial charge in [0.25, 0.3) is 5.91 Å². The van der Waals surface area contributed by atoms with Crippen molar-refractivity contribution in [3.8, 4) is 5.75 Å². The number of carbonyl (C=O) groups excluding carboxylic acids is 2. The van der Waals surface area contributed by atoms with Crippen LogP contribution in [0.25, 0.3) is 0 Å². The normalized spacial score (nSPS) is 10.6. The maximum absolute atomic E-state index is 11.8. The molecule has 1 amide bonds. The molecule has 6 nitrogen and oxygen atoms in total. The van der Waals surface area contributed by atoms with Gasteiger partial charge in [-0.05, 0) is 42.8 Å². The maximum atomic E-state index is 11.8. The molecule has 0 unspecified atom stereocenters. The van der Waals surface area contributed by atoms with Crippen LogP contribution >= 0.6 is 23.2 Å². The van der Waals surface area contributed by atoms with Crippen molar-refractivity contribution in [1.82, 2.24) is 5.43 Å². The number of hydrazone groups is 1. The van der Waals surface area contributed by atoms with Gasteiger partial charge in [-0.2, -0.15) is 5.10 Å². The zero-order valence-electron chi connectivity index (χ0n) is 14.6. The molecule has 0 aromatic heterocycles. The molecule has 0 aliphatic rings. The van der Waals surface area contributed by atoms with Gasteiger partial charge in [0.15, 0.2) is 6.61 Å². The summed E-state index contributed by atoms with van der Waals surface area (Å²) >= 11 is 12.0. The fraction of sp³-hybridized carbons (Fsp3) is 0.211. The molecule has 0 aliphatic carbocycles. The lowest BCUT2D eigenvalue weighted by Gasteiger charge is -2.07. The molecule has 0 aliphatic heterocycles. The molecule has 0 spiro atoms. The van der Waals surface area contributed by atoms with Gasteiger partial charge >= 0.3 is 5.97 Å². The van der Waals surface area contributed by atoms with E-state index in [1.807, 2.05) is 6.92 Å². The van der Waals surface area contributed by atoms with Crippen molar-refractivity contribution in [3.05, 3.63) is 63.6 Å². The number of hydrogen-bond acceptors (Lipinski definition) is 5. The molecular formula is C19H18Cl2N2O4. The standard InChI is InChI=1S/C19H18Cl2N2O4/c1-2-10-26-19(25)13-6-8-14(9-7-13)27-12-18(24)23-22-11-15-16(20)4-3-5-17(15)21/h3-9,11H,2,10,12H2,1H3,(H,23,24). The van der Waals surface area contributed by atoms with Crippen molar-refractivity contribution in [3.63, 3.8) is 0 Å². The van der Waals surface area contributed by atoms with E-state index in [2.05, 4.69) is 10.5 Å². The zero-order chi connectivity index (χ0) is 19.6. The second-order valence-corrected chi connectivity index (χ2v) is 6.19. The number of ether oxygens (including phenoxy) is 2. The van der Waals surface area contributed by atoms with Gasteiger partial charge in [0.1, 0.15) is 5.75 Å². The van der Waals surface area contributed by atoms with Gasteiger partial charge in [-0.25, -0.2) is 10.2 Å². The first kappa shape index (κ1) is 20.7. The first-order chi connectivity index (χ1) is 13.0. The summed E-state index contributed by atoms with van der Waals surface area (Å²) in [5.74, 6) is -0.412. The van der Waals surface area contributed by atoms with Crippen LogP contribution in [0.4, 0.5) is 0 Å². The average Bonchev–Trinajstić information content (AvgIpc) is 2.67. The topological polar surface area (TPSA) is 77.0 Å². The summed E-state index contributed by atoms with van der Waals surface area (Å²) in [6.45, 7) is 2.05. The van der Waals surface area contributed by atoms with Crippen molar-refractivity contribution in [2.45, 2.75) is 13.3 Å². The third-order valence-corrected chi connectivity index (χ3v) is 3.94. The lowest BCUT2D eigenvalue weighted by atomic mass is 10.2. The Balaban J connectivity index is 1.81. The van der Waals surface area contributed by atoms with Gasteiger partial charge in [-0.15, -0.1) is 0 Å². The highest BCUT2D eigenvalue weighted by Crippen LogP contribution is 2.22. The monoisotopic (exact) mass is 408 g/mol. The SMILES string of the molecule is CCCOC(=O)c1ccc(OCC(=O)NN=Cc2c(Cl)cccc2Cl)cc1. The zero-order valence-corrected chi connectivity index (χ0v) is 16.1. The highest BCUT2D eigenvalue weighted by atomic mass is 35.5. The molecule has 0 atom stereocenters. The van der Waals surface area contributed by atoms with E-state index in [0.29, 0.717) is 33.5 Å². The predicted octanol–water partition coefficient (Wildman–Crippen LogP) is 4.09. The third kappa shape index (κ3) is 6.58. The molecule has 2 aromatic carbocycles. The van der Waals surface area contributed by atoms with Crippen molar-refractivity contribution in [1.29, 1.82) is 0 Å². The van der Waals surface area contributed by atoms with E-state index in [-0.39, 0.29) is 6.61 Å². The second-order valence-electron chi connectivity index (χ2n) is 5.38. The summed E-state index contributed by atoms with van der Waals surface area (Å²) in [6.07, 6.45) is 2.12. The van der Waals surface area contributed by atoms with E-state index < -0.39 is 11.9 Å². The summed E-state index contributed by atoms with van der Waals surface area (Å²) in [4.78, 5) is 23.5. The number of rotatable bonds is 8. The Hall–Kier alpha value is -2.57. The van der Waals surface area contributed by atoms with Crippen LogP contribution in [0.2, 0.25) is 10.0 Å². The fourth-order valence-electron chi connectivity index (χ4n) is 1.95. The number of halogens is 2. The third-order valence-electron chi connectivity index (χ3n) is 3.28. The van der Waals surface area contributed by atoms with E-state index in [1.165, 1.54) is 6.21 Å². The molecule has 27 heavy (non-hydrogen) atoms. The lowest BCUT2D eigenvalue weighted by molar-refractivity contribution is -0.123. The van der Waals surface area contributed by atoms with Crippen LogP contribution in [0, 0.1) is 0 Å². The number of nitrogens with zero attached hydrogens (tertiary/aromatic N) is 1. The molecule has 0 saturated heterocycles. The molecule has 1 N–H and O–H groups in total. The van der Waals surface area contributed by atoms with Gasteiger partial charge < -0.3 is 9.47 Å². The van der Waals surface area contributed by atoms with Gasteiger partial charge in [-0.3, -0.25) is 4.79 Å². The van der Waals surface area contributed by atoms with Gasteiger partial charge in [0, 0.05) is 5.56 Å². The Morgan fingerprint density at radius 2 is 1.78 bits per heavy atom. The first-order valence-corrected chi connectivity index (χ1v) is 8.92. The molecule has 2 rings (SSSR count). The molecule has 0 fully saturated rings. The van der Waals surface area contributed by atoms with Gasteiger partial charge in [0.05, 0.1) is 28.4 Å². The minimum atomic E-state index is -0.458. The van der Waals surface area contributed by atoms with Crippen LogP contribution in [-0.4, -0.2) is 31.3 Å². The van der Waals surface area contributed by atoms with E-state index in [4.69, 9.17) is 32.7 Å². The predicted molar refractivity (Wildman–Crippen MR) is 105 cm³/mol. The average molecular weight is 409 g/mol. The van der Waals surface area contributed by atoms with Crippen LogP contribution in [0.5, 0.6) is 5.75 Å². The van der Waals surface area contributed by atoms with Crippen molar-refractivity contribution >= 4 is 41.3 Å². The number of nitrogens with one attached hydrogen (secondary N) is 1. The second kappa shape index (κ2) is 10.5.